The van der Waals surface area contributed by atoms with E-state index >= 15 is 0 Å². The van der Waals surface area contributed by atoms with Gasteiger partial charge in [-0.15, -0.1) is 0 Å². The minimum absolute atomic E-state index is 0.885. The number of aryl methyl sites for hydroxylation is 1. The number of benzene rings is 7. The Bertz CT molecular complexity index is 2800. The molecule has 0 saturated heterocycles. The molecule has 0 spiro atoms. The molecule has 3 aromatic heterocycles. The van der Waals surface area contributed by atoms with E-state index in [4.69, 9.17) is 4.98 Å². The third kappa shape index (κ3) is 4.86. The summed E-state index contributed by atoms with van der Waals surface area (Å²) in [7, 11) is 0. The Kier molecular flexibility index (Phi) is 6.71. The number of hydrogen-bond donors (Lipinski definition) is 0. The van der Waals surface area contributed by atoms with E-state index in [1.165, 1.54) is 60.5 Å². The number of aromatic nitrogens is 3. The smallest absolute Gasteiger partial charge is 0.140 e. The second kappa shape index (κ2) is 11.7. The summed E-state index contributed by atoms with van der Waals surface area (Å²) in [5.41, 5.74) is 13.0. The van der Waals surface area contributed by atoms with Crippen LogP contribution in [0.3, 0.4) is 0 Å². The molecular formula is C48H33N3. The van der Waals surface area contributed by atoms with E-state index in [9.17, 15) is 0 Å². The maximum atomic E-state index is 5.45. The molecule has 0 bridgehead atoms. The standard InChI is InChI=1S/C48H33N3/c1-32-20-24-43-39(28-32)40-29-36(33-12-5-2-6-13-33)21-25-44(40)50(43)47-18-11-19-48(49-47)51-45-26-22-37(34-14-7-3-8-15-34)30-41(45)42-31-38(23-27-46(42)51)35-16-9-4-10-17-35/h2-31H,1H3. The molecule has 0 aliphatic carbocycles. The number of fused-ring (bicyclic) bond motifs is 6. The molecule has 10 aromatic rings. The van der Waals surface area contributed by atoms with Crippen LogP contribution in [0.25, 0.3) is 88.6 Å². The molecule has 0 aliphatic rings. The average molecular weight is 652 g/mol. The van der Waals surface area contributed by atoms with Crippen molar-refractivity contribution in [2.24, 2.45) is 0 Å². The van der Waals surface area contributed by atoms with Crippen LogP contribution in [0.2, 0.25) is 0 Å². The summed E-state index contributed by atoms with van der Waals surface area (Å²) in [6.45, 7) is 2.16. The Morgan fingerprint density at radius 2 is 0.667 bits per heavy atom. The highest BCUT2D eigenvalue weighted by Gasteiger charge is 2.18. The summed E-state index contributed by atoms with van der Waals surface area (Å²) in [5, 5.41) is 4.86. The first-order valence-electron chi connectivity index (χ1n) is 17.5. The zero-order valence-electron chi connectivity index (χ0n) is 28.2. The van der Waals surface area contributed by atoms with Gasteiger partial charge in [0.15, 0.2) is 0 Å². The van der Waals surface area contributed by atoms with Gasteiger partial charge in [0.25, 0.3) is 0 Å². The van der Waals surface area contributed by atoms with Gasteiger partial charge in [0, 0.05) is 21.5 Å². The van der Waals surface area contributed by atoms with E-state index in [0.29, 0.717) is 0 Å². The zero-order chi connectivity index (χ0) is 33.9. The molecule has 0 saturated carbocycles. The van der Waals surface area contributed by atoms with Crippen molar-refractivity contribution in [2.45, 2.75) is 6.92 Å². The Morgan fingerprint density at radius 3 is 1.06 bits per heavy atom. The fourth-order valence-corrected chi connectivity index (χ4v) is 7.75. The molecule has 0 unspecified atom stereocenters. The van der Waals surface area contributed by atoms with Crippen LogP contribution in [0.4, 0.5) is 0 Å². The van der Waals surface area contributed by atoms with Gasteiger partial charge in [0.05, 0.1) is 22.1 Å². The first-order valence-corrected chi connectivity index (χ1v) is 17.5. The van der Waals surface area contributed by atoms with Gasteiger partial charge in [-0.2, -0.15) is 0 Å². The van der Waals surface area contributed by atoms with Crippen LogP contribution in [0.5, 0.6) is 0 Å². The highest BCUT2D eigenvalue weighted by molar-refractivity contribution is 6.12. The SMILES string of the molecule is Cc1ccc2c(c1)c1cc(-c3ccccc3)ccc1n2-c1cccc(-n2c3ccc(-c4ccccc4)cc3c3cc(-c4ccccc4)ccc32)n1. The maximum absolute atomic E-state index is 5.45. The molecule has 0 aliphatic heterocycles. The van der Waals surface area contributed by atoms with E-state index in [0.717, 1.165) is 33.7 Å². The summed E-state index contributed by atoms with van der Waals surface area (Å²) >= 11 is 0. The van der Waals surface area contributed by atoms with Gasteiger partial charge in [-0.25, -0.2) is 4.98 Å². The molecule has 7 aromatic carbocycles. The van der Waals surface area contributed by atoms with Gasteiger partial charge >= 0.3 is 0 Å². The Labute approximate surface area is 296 Å². The van der Waals surface area contributed by atoms with E-state index < -0.39 is 0 Å². The van der Waals surface area contributed by atoms with Crippen molar-refractivity contribution in [2.75, 3.05) is 0 Å². The Hall–Kier alpha value is -6.71. The fraction of sp³-hybridized carbons (Fsp3) is 0.0208. The van der Waals surface area contributed by atoms with Crippen molar-refractivity contribution in [3.63, 3.8) is 0 Å². The molecule has 0 atom stereocenters. The van der Waals surface area contributed by atoms with Crippen molar-refractivity contribution >= 4 is 43.6 Å². The number of pyridine rings is 1. The van der Waals surface area contributed by atoms with E-state index in [1.54, 1.807) is 0 Å². The zero-order valence-corrected chi connectivity index (χ0v) is 28.2. The quantitative estimate of drug-likeness (QED) is 0.182. The lowest BCUT2D eigenvalue weighted by Gasteiger charge is -2.12. The van der Waals surface area contributed by atoms with Crippen LogP contribution >= 0.6 is 0 Å². The van der Waals surface area contributed by atoms with Crippen LogP contribution in [0.1, 0.15) is 5.56 Å². The molecule has 0 fully saturated rings. The first-order chi connectivity index (χ1) is 25.2. The van der Waals surface area contributed by atoms with Gasteiger partial charge < -0.3 is 0 Å². The first kappa shape index (κ1) is 29.2. The summed E-state index contributed by atoms with van der Waals surface area (Å²) < 4.78 is 4.64. The average Bonchev–Trinajstić information content (AvgIpc) is 3.70. The minimum Gasteiger partial charge on any atom is -0.294 e. The van der Waals surface area contributed by atoms with Crippen LogP contribution < -0.4 is 0 Å². The monoisotopic (exact) mass is 651 g/mol. The lowest BCUT2D eigenvalue weighted by Crippen LogP contribution is -2.03. The van der Waals surface area contributed by atoms with Crippen LogP contribution in [0, 0.1) is 6.92 Å². The molecule has 51 heavy (non-hydrogen) atoms. The van der Waals surface area contributed by atoms with Crippen molar-refractivity contribution in [1.82, 2.24) is 14.1 Å². The lowest BCUT2D eigenvalue weighted by molar-refractivity contribution is 1.01. The second-order valence-electron chi connectivity index (χ2n) is 13.3. The third-order valence-corrected chi connectivity index (χ3v) is 10.2. The van der Waals surface area contributed by atoms with Gasteiger partial charge in [-0.1, -0.05) is 127 Å². The highest BCUT2D eigenvalue weighted by atomic mass is 15.1. The molecule has 10 rings (SSSR count). The molecule has 3 heterocycles. The summed E-state index contributed by atoms with van der Waals surface area (Å²) in [6.07, 6.45) is 0. The van der Waals surface area contributed by atoms with E-state index in [2.05, 4.69) is 198 Å². The molecule has 3 heteroatoms. The predicted molar refractivity (Wildman–Crippen MR) is 214 cm³/mol. The number of nitrogens with zero attached hydrogens (tertiary/aromatic N) is 3. The second-order valence-corrected chi connectivity index (χ2v) is 13.3. The number of hydrogen-bond acceptors (Lipinski definition) is 1. The maximum Gasteiger partial charge on any atom is 0.140 e. The fourth-order valence-electron chi connectivity index (χ4n) is 7.75. The molecule has 0 amide bonds. The molecule has 0 N–H and O–H groups in total. The van der Waals surface area contributed by atoms with Gasteiger partial charge in [-0.3, -0.25) is 9.13 Å². The number of rotatable bonds is 5. The summed E-state index contributed by atoms with van der Waals surface area (Å²) in [6, 6.07) is 65.4. The largest absolute Gasteiger partial charge is 0.294 e. The van der Waals surface area contributed by atoms with Crippen molar-refractivity contribution in [1.29, 1.82) is 0 Å². The normalized spacial score (nSPS) is 11.6. The highest BCUT2D eigenvalue weighted by Crippen LogP contribution is 2.38. The molecule has 3 nitrogen and oxygen atoms in total. The molecular weight excluding hydrogens is 619 g/mol. The van der Waals surface area contributed by atoms with E-state index in [-0.39, 0.29) is 0 Å². The topological polar surface area (TPSA) is 22.8 Å². The van der Waals surface area contributed by atoms with Crippen molar-refractivity contribution in [3.05, 3.63) is 188 Å². The van der Waals surface area contributed by atoms with Crippen LogP contribution in [-0.2, 0) is 0 Å². The Morgan fingerprint density at radius 1 is 0.314 bits per heavy atom. The van der Waals surface area contributed by atoms with Gasteiger partial charge in [-0.05, 0) is 101 Å². The van der Waals surface area contributed by atoms with Crippen LogP contribution in [-0.4, -0.2) is 14.1 Å². The van der Waals surface area contributed by atoms with Gasteiger partial charge in [0.2, 0.25) is 0 Å². The van der Waals surface area contributed by atoms with E-state index in [1.807, 2.05) is 0 Å². The lowest BCUT2D eigenvalue weighted by atomic mass is 10.0. The summed E-state index contributed by atoms with van der Waals surface area (Å²) in [4.78, 5) is 5.45. The summed E-state index contributed by atoms with van der Waals surface area (Å²) in [5.74, 6) is 1.77. The van der Waals surface area contributed by atoms with Crippen molar-refractivity contribution < 1.29 is 0 Å². The molecule has 0 radical (unpaired) electrons. The Balaban J connectivity index is 1.20. The van der Waals surface area contributed by atoms with Crippen LogP contribution in [0.15, 0.2) is 182 Å². The minimum atomic E-state index is 0.885. The van der Waals surface area contributed by atoms with Crippen molar-refractivity contribution in [3.8, 4) is 45.0 Å². The van der Waals surface area contributed by atoms with Gasteiger partial charge in [0.1, 0.15) is 11.6 Å². The predicted octanol–water partition coefficient (Wildman–Crippen LogP) is 12.6. The third-order valence-electron chi connectivity index (χ3n) is 10.2. The molecule has 240 valence electrons.